The molecule has 1 nitrogen and oxygen atoms in total. The van der Waals surface area contributed by atoms with Gasteiger partial charge in [-0.3, -0.25) is 0 Å². The summed E-state index contributed by atoms with van der Waals surface area (Å²) < 4.78 is 0. The molecule has 0 aromatic heterocycles. The molecule has 1 aliphatic rings. The number of hydrogen-bond acceptors (Lipinski definition) is 1. The van der Waals surface area contributed by atoms with Gasteiger partial charge in [0.05, 0.1) is 5.60 Å². The highest BCUT2D eigenvalue weighted by molar-refractivity contribution is 5.28. The molecule has 1 fully saturated rings. The minimum Gasteiger partial charge on any atom is -0.385 e. The Balaban J connectivity index is 2.21. The van der Waals surface area contributed by atoms with Crippen molar-refractivity contribution in [1.82, 2.24) is 0 Å². The van der Waals surface area contributed by atoms with E-state index in [1.54, 1.807) is 0 Å². The smallest absolute Gasteiger partial charge is 0.0896 e. The van der Waals surface area contributed by atoms with Crippen molar-refractivity contribution in [2.24, 2.45) is 5.92 Å². The van der Waals surface area contributed by atoms with Gasteiger partial charge in [0.2, 0.25) is 0 Å². The maximum absolute atomic E-state index is 10.7. The Bertz CT molecular complexity index is 348. The Labute approximate surface area is 98.5 Å². The summed E-state index contributed by atoms with van der Waals surface area (Å²) in [6.45, 7) is 4.44. The second kappa shape index (κ2) is 4.58. The van der Waals surface area contributed by atoms with Crippen LogP contribution in [0.4, 0.5) is 0 Å². The first-order valence-electron chi connectivity index (χ1n) is 6.46. The molecule has 1 N–H and O–H groups in total. The highest BCUT2D eigenvalue weighted by Gasteiger charge is 2.33. The zero-order valence-corrected chi connectivity index (χ0v) is 10.4. The summed E-state index contributed by atoms with van der Waals surface area (Å²) in [7, 11) is 0. The van der Waals surface area contributed by atoms with E-state index >= 15 is 0 Å². The molecule has 1 aromatic rings. The molecular weight excluding hydrogens is 196 g/mol. The van der Waals surface area contributed by atoms with Gasteiger partial charge in [0, 0.05) is 0 Å². The average molecular weight is 218 g/mol. The van der Waals surface area contributed by atoms with Gasteiger partial charge in [-0.05, 0) is 49.1 Å². The summed E-state index contributed by atoms with van der Waals surface area (Å²) in [4.78, 5) is 0. The normalized spacial score (nSPS) is 30.3. The number of benzene rings is 1. The molecule has 1 aromatic carbocycles. The van der Waals surface area contributed by atoms with Crippen molar-refractivity contribution in [2.45, 2.75) is 51.6 Å². The van der Waals surface area contributed by atoms with Crippen LogP contribution in [0.25, 0.3) is 0 Å². The molecule has 16 heavy (non-hydrogen) atoms. The second-order valence-corrected chi connectivity index (χ2v) is 5.27. The molecule has 88 valence electrons. The third-order valence-corrected chi connectivity index (χ3v) is 3.97. The zero-order valence-electron chi connectivity index (χ0n) is 10.4. The molecule has 0 heterocycles. The van der Waals surface area contributed by atoms with Gasteiger partial charge in [0.1, 0.15) is 0 Å². The van der Waals surface area contributed by atoms with Gasteiger partial charge in [-0.2, -0.15) is 0 Å². The highest BCUT2D eigenvalue weighted by Crippen LogP contribution is 2.39. The molecule has 0 bridgehead atoms. The van der Waals surface area contributed by atoms with Gasteiger partial charge in [-0.1, -0.05) is 38.1 Å². The number of hydrogen-bond donors (Lipinski definition) is 1. The molecule has 0 saturated heterocycles. The maximum Gasteiger partial charge on any atom is 0.0896 e. The highest BCUT2D eigenvalue weighted by atomic mass is 16.3. The van der Waals surface area contributed by atoms with E-state index in [0.29, 0.717) is 0 Å². The Morgan fingerprint density at radius 1 is 1.31 bits per heavy atom. The molecule has 1 heteroatoms. The van der Waals surface area contributed by atoms with Gasteiger partial charge < -0.3 is 5.11 Å². The third kappa shape index (κ3) is 2.30. The van der Waals surface area contributed by atoms with Crippen molar-refractivity contribution in [3.8, 4) is 0 Å². The molecule has 2 rings (SSSR count). The van der Waals surface area contributed by atoms with Crippen LogP contribution in [0.1, 0.15) is 50.7 Å². The minimum atomic E-state index is -0.558. The van der Waals surface area contributed by atoms with E-state index in [2.05, 4.69) is 38.1 Å². The summed E-state index contributed by atoms with van der Waals surface area (Å²) in [5.74, 6) is 0.773. The number of aryl methyl sites for hydroxylation is 1. The quantitative estimate of drug-likeness (QED) is 0.803. The zero-order chi connectivity index (χ0) is 11.6. The molecule has 0 amide bonds. The largest absolute Gasteiger partial charge is 0.385 e. The Morgan fingerprint density at radius 3 is 2.62 bits per heavy atom. The summed E-state index contributed by atoms with van der Waals surface area (Å²) >= 11 is 0. The number of rotatable bonds is 2. The predicted octanol–water partition coefficient (Wildman–Crippen LogP) is 3.65. The van der Waals surface area contributed by atoms with Gasteiger partial charge in [-0.25, -0.2) is 0 Å². The molecule has 0 aliphatic heterocycles. The lowest BCUT2D eigenvalue weighted by atomic mass is 9.75. The fraction of sp³-hybridized carbons (Fsp3) is 0.600. The van der Waals surface area contributed by atoms with Crippen LogP contribution in [-0.4, -0.2) is 5.11 Å². The third-order valence-electron chi connectivity index (χ3n) is 3.97. The van der Waals surface area contributed by atoms with Crippen molar-refractivity contribution >= 4 is 0 Å². The SMILES string of the molecule is CCc1cccc(C2(O)CCC(C)CC2)c1. The van der Waals surface area contributed by atoms with Crippen molar-refractivity contribution in [3.05, 3.63) is 35.4 Å². The van der Waals surface area contributed by atoms with Gasteiger partial charge in [0.15, 0.2) is 0 Å². The monoisotopic (exact) mass is 218 g/mol. The van der Waals surface area contributed by atoms with E-state index in [-0.39, 0.29) is 0 Å². The van der Waals surface area contributed by atoms with E-state index in [4.69, 9.17) is 0 Å². The van der Waals surface area contributed by atoms with E-state index in [1.807, 2.05) is 0 Å². The first-order chi connectivity index (χ1) is 7.64. The Kier molecular flexibility index (Phi) is 3.34. The van der Waals surface area contributed by atoms with Crippen LogP contribution in [-0.2, 0) is 12.0 Å². The molecular formula is C15H22O. The Hall–Kier alpha value is -0.820. The lowest BCUT2D eigenvalue weighted by Gasteiger charge is -2.35. The van der Waals surface area contributed by atoms with E-state index in [9.17, 15) is 5.11 Å². The average Bonchev–Trinajstić information content (AvgIpc) is 2.33. The molecule has 0 unspecified atom stereocenters. The summed E-state index contributed by atoms with van der Waals surface area (Å²) in [5, 5.41) is 10.7. The van der Waals surface area contributed by atoms with Crippen LogP contribution in [0.15, 0.2) is 24.3 Å². The fourth-order valence-electron chi connectivity index (χ4n) is 2.61. The van der Waals surface area contributed by atoms with Crippen LogP contribution in [0.3, 0.4) is 0 Å². The van der Waals surface area contributed by atoms with Crippen molar-refractivity contribution in [2.75, 3.05) is 0 Å². The predicted molar refractivity (Wildman–Crippen MR) is 67.3 cm³/mol. The molecule has 0 radical (unpaired) electrons. The van der Waals surface area contributed by atoms with Crippen molar-refractivity contribution in [1.29, 1.82) is 0 Å². The van der Waals surface area contributed by atoms with Gasteiger partial charge in [0.25, 0.3) is 0 Å². The van der Waals surface area contributed by atoms with Crippen LogP contribution in [0.5, 0.6) is 0 Å². The lowest BCUT2D eigenvalue weighted by molar-refractivity contribution is -0.0120. The fourth-order valence-corrected chi connectivity index (χ4v) is 2.61. The molecule has 0 atom stereocenters. The molecule has 1 aliphatic carbocycles. The summed E-state index contributed by atoms with van der Waals surface area (Å²) in [5.41, 5.74) is 1.89. The standard InChI is InChI=1S/C15H22O/c1-3-13-5-4-6-14(11-13)15(16)9-7-12(2)8-10-15/h4-6,11-12,16H,3,7-10H2,1-2H3. The van der Waals surface area contributed by atoms with Gasteiger partial charge >= 0.3 is 0 Å². The first-order valence-corrected chi connectivity index (χ1v) is 6.46. The maximum atomic E-state index is 10.7. The van der Waals surface area contributed by atoms with Crippen molar-refractivity contribution in [3.63, 3.8) is 0 Å². The Morgan fingerprint density at radius 2 is 2.00 bits per heavy atom. The first kappa shape index (κ1) is 11.7. The van der Waals surface area contributed by atoms with Crippen LogP contribution in [0, 0.1) is 5.92 Å². The minimum absolute atomic E-state index is 0.558. The molecule has 1 saturated carbocycles. The van der Waals surface area contributed by atoms with Crippen LogP contribution in [0.2, 0.25) is 0 Å². The van der Waals surface area contributed by atoms with Crippen molar-refractivity contribution < 1.29 is 5.11 Å². The van der Waals surface area contributed by atoms with E-state index < -0.39 is 5.60 Å². The topological polar surface area (TPSA) is 20.2 Å². The second-order valence-electron chi connectivity index (χ2n) is 5.27. The van der Waals surface area contributed by atoms with Crippen LogP contribution < -0.4 is 0 Å². The lowest BCUT2D eigenvalue weighted by Crippen LogP contribution is -2.30. The van der Waals surface area contributed by atoms with E-state index in [0.717, 1.165) is 43.6 Å². The van der Waals surface area contributed by atoms with Gasteiger partial charge in [-0.15, -0.1) is 0 Å². The summed E-state index contributed by atoms with van der Waals surface area (Å²) in [6, 6.07) is 8.47. The molecule has 0 spiro atoms. The van der Waals surface area contributed by atoms with E-state index in [1.165, 1.54) is 5.56 Å². The van der Waals surface area contributed by atoms with Crippen LogP contribution >= 0.6 is 0 Å². The number of aliphatic hydroxyl groups is 1. The summed E-state index contributed by atoms with van der Waals surface area (Å²) in [6.07, 6.45) is 5.17.